The minimum atomic E-state index is -0.510. The van der Waals surface area contributed by atoms with E-state index < -0.39 is 5.79 Å². The van der Waals surface area contributed by atoms with E-state index in [1.54, 1.807) is 0 Å². The van der Waals surface area contributed by atoms with Crippen LogP contribution in [-0.2, 0) is 9.47 Å². The summed E-state index contributed by atoms with van der Waals surface area (Å²) >= 11 is 6.15. The van der Waals surface area contributed by atoms with Crippen molar-refractivity contribution in [2.45, 2.75) is 44.3 Å². The summed E-state index contributed by atoms with van der Waals surface area (Å²) in [5.41, 5.74) is 0.875. The highest BCUT2D eigenvalue weighted by atomic mass is 35.5. The molecule has 3 fully saturated rings. The van der Waals surface area contributed by atoms with Crippen LogP contribution in [0.15, 0.2) is 18.6 Å². The largest absolute Gasteiger partial charge is 0.344 e. The third kappa shape index (κ3) is 1.59. The quantitative estimate of drug-likeness (QED) is 0.760. The molecular formula is C15H15ClN3O2. The van der Waals surface area contributed by atoms with Gasteiger partial charge in [-0.15, -0.1) is 0 Å². The predicted molar refractivity (Wildman–Crippen MR) is 76.8 cm³/mol. The minimum absolute atomic E-state index is 0.0677. The van der Waals surface area contributed by atoms with Crippen LogP contribution in [0.25, 0.3) is 11.0 Å². The molecule has 2 aromatic rings. The smallest absolute Gasteiger partial charge is 0.163 e. The average molecular weight is 305 g/mol. The number of hydrogen-bond acceptors (Lipinski definition) is 4. The van der Waals surface area contributed by atoms with Gasteiger partial charge in [-0.2, -0.15) is 0 Å². The van der Waals surface area contributed by atoms with Crippen molar-refractivity contribution < 1.29 is 9.47 Å². The first kappa shape index (κ1) is 12.4. The monoisotopic (exact) mass is 304 g/mol. The molecule has 0 amide bonds. The molecule has 0 unspecified atom stereocenters. The molecule has 3 aliphatic rings. The summed E-state index contributed by atoms with van der Waals surface area (Å²) in [6.45, 7) is 3.96. The molecule has 2 saturated carbocycles. The Morgan fingerprint density at radius 3 is 3.05 bits per heavy atom. The summed E-state index contributed by atoms with van der Waals surface area (Å²) in [5.74, 6) is 1.52. The molecule has 109 valence electrons. The van der Waals surface area contributed by atoms with Crippen LogP contribution in [0.2, 0.25) is 5.15 Å². The molecule has 1 radical (unpaired) electrons. The van der Waals surface area contributed by atoms with Crippen LogP contribution in [-0.4, -0.2) is 32.5 Å². The van der Waals surface area contributed by atoms with E-state index >= 15 is 0 Å². The molecule has 1 saturated heterocycles. The molecule has 0 bridgehead atoms. The Morgan fingerprint density at radius 2 is 2.19 bits per heavy atom. The van der Waals surface area contributed by atoms with E-state index in [4.69, 9.17) is 21.1 Å². The zero-order valence-electron chi connectivity index (χ0n) is 11.8. The second kappa shape index (κ2) is 3.77. The number of aromatic nitrogens is 3. The van der Waals surface area contributed by atoms with Crippen LogP contribution in [0, 0.1) is 11.8 Å². The molecule has 2 aliphatic carbocycles. The molecule has 5 rings (SSSR count). The highest BCUT2D eigenvalue weighted by Crippen LogP contribution is 2.64. The van der Waals surface area contributed by atoms with Crippen LogP contribution in [0.5, 0.6) is 0 Å². The Balaban J connectivity index is 1.62. The lowest BCUT2D eigenvalue weighted by Crippen LogP contribution is -2.29. The average Bonchev–Trinajstić information content (AvgIpc) is 2.82. The van der Waals surface area contributed by atoms with Crippen molar-refractivity contribution in [3.8, 4) is 0 Å². The molecule has 6 heteroatoms. The molecule has 4 atom stereocenters. The second-order valence-corrected chi connectivity index (χ2v) is 6.88. The maximum absolute atomic E-state index is 6.15. The number of fused-ring (bicyclic) bond motifs is 4. The fourth-order valence-electron chi connectivity index (χ4n) is 3.95. The highest BCUT2D eigenvalue weighted by Gasteiger charge is 2.67. The SMILES string of the molecule is CC1(C)O[C@H]2[C@H](n3ccc4c(Cl)ncnc43)[C@H]3C[C]3[C@H]2O1. The second-order valence-electron chi connectivity index (χ2n) is 6.52. The Labute approximate surface area is 127 Å². The standard InChI is InChI=1S/C15H15ClN3O2/c1-15(2)20-11-9-5-8(9)10(12(11)21-15)19-4-3-7-13(16)17-6-18-14(7)19/h3-4,6,8,10-12H,5H2,1-2H3/t8-,10+,11+,12-/m0/s1. The molecule has 1 aliphatic heterocycles. The van der Waals surface area contributed by atoms with Gasteiger partial charge in [0.25, 0.3) is 0 Å². The topological polar surface area (TPSA) is 49.2 Å². The number of ether oxygens (including phenoxy) is 2. The van der Waals surface area contributed by atoms with E-state index in [2.05, 4.69) is 14.5 Å². The van der Waals surface area contributed by atoms with Crippen LogP contribution >= 0.6 is 11.6 Å². The highest BCUT2D eigenvalue weighted by molar-refractivity contribution is 6.33. The lowest BCUT2D eigenvalue weighted by molar-refractivity contribution is -0.151. The summed E-state index contributed by atoms with van der Waals surface area (Å²) in [7, 11) is 0. The summed E-state index contributed by atoms with van der Waals surface area (Å²) in [6.07, 6.45) is 4.89. The third-order valence-electron chi connectivity index (χ3n) is 4.80. The number of rotatable bonds is 1. The summed E-state index contributed by atoms with van der Waals surface area (Å²) in [6, 6.07) is 2.23. The van der Waals surface area contributed by atoms with E-state index in [-0.39, 0.29) is 18.2 Å². The maximum Gasteiger partial charge on any atom is 0.163 e. The van der Waals surface area contributed by atoms with E-state index in [9.17, 15) is 0 Å². The van der Waals surface area contributed by atoms with Crippen molar-refractivity contribution in [1.29, 1.82) is 0 Å². The van der Waals surface area contributed by atoms with Crippen molar-refractivity contribution in [1.82, 2.24) is 14.5 Å². The van der Waals surface area contributed by atoms with Gasteiger partial charge in [-0.05, 0) is 32.3 Å². The van der Waals surface area contributed by atoms with E-state index in [1.807, 2.05) is 26.1 Å². The first-order valence-electron chi connectivity index (χ1n) is 7.23. The first-order valence-corrected chi connectivity index (χ1v) is 7.61. The van der Waals surface area contributed by atoms with Crippen LogP contribution in [0.1, 0.15) is 26.3 Å². The lowest BCUT2D eigenvalue weighted by atomic mass is 10.1. The molecule has 21 heavy (non-hydrogen) atoms. The Kier molecular flexibility index (Phi) is 2.22. The Hall–Kier alpha value is -1.17. The van der Waals surface area contributed by atoms with Gasteiger partial charge < -0.3 is 14.0 Å². The van der Waals surface area contributed by atoms with Gasteiger partial charge in [0.15, 0.2) is 5.79 Å². The summed E-state index contributed by atoms with van der Waals surface area (Å²) in [5, 5.41) is 1.39. The van der Waals surface area contributed by atoms with Gasteiger partial charge in [-0.3, -0.25) is 0 Å². The number of hydrogen-bond donors (Lipinski definition) is 0. The van der Waals surface area contributed by atoms with E-state index in [0.29, 0.717) is 11.1 Å². The molecular weight excluding hydrogens is 290 g/mol. The fourth-order valence-corrected chi connectivity index (χ4v) is 4.14. The predicted octanol–water partition coefficient (Wildman–Crippen LogP) is 2.75. The summed E-state index contributed by atoms with van der Waals surface area (Å²) < 4.78 is 14.4. The van der Waals surface area contributed by atoms with Gasteiger partial charge in [0.2, 0.25) is 0 Å². The van der Waals surface area contributed by atoms with Crippen molar-refractivity contribution in [3.05, 3.63) is 29.7 Å². The van der Waals surface area contributed by atoms with Gasteiger partial charge in [-0.25, -0.2) is 9.97 Å². The number of nitrogens with zero attached hydrogens (tertiary/aromatic N) is 3. The maximum atomic E-state index is 6.15. The van der Waals surface area contributed by atoms with Crippen molar-refractivity contribution in [2.75, 3.05) is 0 Å². The van der Waals surface area contributed by atoms with Gasteiger partial charge in [0.05, 0.1) is 17.5 Å². The van der Waals surface area contributed by atoms with Crippen molar-refractivity contribution in [2.24, 2.45) is 5.92 Å². The molecule has 5 nitrogen and oxygen atoms in total. The molecule has 0 spiro atoms. The fraction of sp³-hybridized carbons (Fsp3) is 0.533. The van der Waals surface area contributed by atoms with Gasteiger partial charge in [-0.1, -0.05) is 11.6 Å². The lowest BCUT2D eigenvalue weighted by Gasteiger charge is -2.24. The van der Waals surface area contributed by atoms with E-state index in [0.717, 1.165) is 17.5 Å². The third-order valence-corrected chi connectivity index (χ3v) is 5.10. The van der Waals surface area contributed by atoms with Gasteiger partial charge >= 0.3 is 0 Å². The van der Waals surface area contributed by atoms with Crippen LogP contribution < -0.4 is 0 Å². The minimum Gasteiger partial charge on any atom is -0.344 e. The zero-order chi connectivity index (χ0) is 14.4. The summed E-state index contributed by atoms with van der Waals surface area (Å²) in [4.78, 5) is 8.46. The molecule has 0 aromatic carbocycles. The molecule has 3 heterocycles. The van der Waals surface area contributed by atoms with Crippen LogP contribution in [0.4, 0.5) is 0 Å². The van der Waals surface area contributed by atoms with Gasteiger partial charge in [0.1, 0.15) is 23.2 Å². The Bertz CT molecular complexity index is 744. The van der Waals surface area contributed by atoms with E-state index in [1.165, 1.54) is 12.2 Å². The number of halogens is 1. The first-order chi connectivity index (χ1) is 10.1. The normalized spacial score (nSPS) is 36.9. The van der Waals surface area contributed by atoms with Crippen LogP contribution in [0.3, 0.4) is 0 Å². The molecule has 2 aromatic heterocycles. The Morgan fingerprint density at radius 1 is 1.33 bits per heavy atom. The van der Waals surface area contributed by atoms with Crippen molar-refractivity contribution in [3.63, 3.8) is 0 Å². The van der Waals surface area contributed by atoms with Crippen molar-refractivity contribution >= 4 is 22.6 Å². The van der Waals surface area contributed by atoms with Gasteiger partial charge in [0, 0.05) is 12.1 Å². The zero-order valence-corrected chi connectivity index (χ0v) is 12.5. The molecule has 0 N–H and O–H groups in total.